The number of hydrogen-bond donors (Lipinski definition) is 2. The van der Waals surface area contributed by atoms with Gasteiger partial charge in [-0.05, 0) is 30.3 Å². The molecule has 2 N–H and O–H groups in total. The van der Waals surface area contributed by atoms with Gasteiger partial charge in [0.25, 0.3) is 5.91 Å². The van der Waals surface area contributed by atoms with Crippen LogP contribution in [0.1, 0.15) is 5.56 Å². The second kappa shape index (κ2) is 8.43. The maximum Gasteiger partial charge on any atom is 0.259 e. The first-order chi connectivity index (χ1) is 11.2. The number of hydrogen-bond acceptors (Lipinski definition) is 5. The zero-order valence-electron chi connectivity index (χ0n) is 13.1. The number of methoxy groups -OCH3 is 2. The molecule has 6 nitrogen and oxygen atoms in total. The van der Waals surface area contributed by atoms with E-state index in [0.29, 0.717) is 17.1 Å². The molecule has 0 aliphatic carbocycles. The summed E-state index contributed by atoms with van der Waals surface area (Å²) in [5.41, 5.74) is 4.05. The molecule has 0 saturated carbocycles. The average molecular weight is 313 g/mol. The van der Waals surface area contributed by atoms with E-state index in [1.165, 1.54) is 6.21 Å². The highest BCUT2D eigenvalue weighted by Crippen LogP contribution is 2.22. The Morgan fingerprint density at radius 2 is 1.91 bits per heavy atom. The zero-order chi connectivity index (χ0) is 16.5. The fraction of sp³-hybridized carbons (Fsp3) is 0.176. The lowest BCUT2D eigenvalue weighted by atomic mass is 10.2. The largest absolute Gasteiger partial charge is 0.497 e. The molecule has 0 aromatic heterocycles. The smallest absolute Gasteiger partial charge is 0.259 e. The molecule has 2 rings (SSSR count). The number of nitrogens with one attached hydrogen (secondary N) is 2. The highest BCUT2D eigenvalue weighted by molar-refractivity contribution is 5.86. The second-order valence-electron chi connectivity index (χ2n) is 4.62. The summed E-state index contributed by atoms with van der Waals surface area (Å²) in [5.74, 6) is 1.09. The number of carbonyl (C=O) groups is 1. The lowest BCUT2D eigenvalue weighted by molar-refractivity contribution is -0.119. The van der Waals surface area contributed by atoms with Crippen LogP contribution < -0.4 is 20.2 Å². The molecular formula is C17H19N3O3. The second-order valence-corrected chi connectivity index (χ2v) is 4.62. The van der Waals surface area contributed by atoms with E-state index in [1.807, 2.05) is 30.3 Å². The monoisotopic (exact) mass is 313 g/mol. The summed E-state index contributed by atoms with van der Waals surface area (Å²) in [7, 11) is 3.15. The van der Waals surface area contributed by atoms with Crippen molar-refractivity contribution in [3.63, 3.8) is 0 Å². The first-order valence-corrected chi connectivity index (χ1v) is 7.06. The number of anilines is 1. The standard InChI is InChI=1S/C17H19N3O3/c1-22-15-8-9-16(23-2)13(10-15)11-19-20-17(21)12-18-14-6-4-3-5-7-14/h3-11,18H,12H2,1-2H3,(H,20,21)/b19-11-. The van der Waals surface area contributed by atoms with Gasteiger partial charge in [0, 0.05) is 11.3 Å². The number of benzene rings is 2. The van der Waals surface area contributed by atoms with Crippen LogP contribution >= 0.6 is 0 Å². The summed E-state index contributed by atoms with van der Waals surface area (Å²) >= 11 is 0. The number of ether oxygens (including phenoxy) is 2. The summed E-state index contributed by atoms with van der Waals surface area (Å²) in [5, 5.41) is 6.94. The Hall–Kier alpha value is -3.02. The highest BCUT2D eigenvalue weighted by atomic mass is 16.5. The van der Waals surface area contributed by atoms with E-state index in [9.17, 15) is 4.79 Å². The third-order valence-corrected chi connectivity index (χ3v) is 3.06. The van der Waals surface area contributed by atoms with Crippen LogP contribution in [0.5, 0.6) is 11.5 Å². The Kier molecular flexibility index (Phi) is 5.99. The SMILES string of the molecule is COc1ccc(OC)c(/C=N\NC(=O)CNc2ccccc2)c1. The summed E-state index contributed by atoms with van der Waals surface area (Å²) in [6.45, 7) is 0.136. The van der Waals surface area contributed by atoms with Crippen molar-refractivity contribution in [3.8, 4) is 11.5 Å². The van der Waals surface area contributed by atoms with Gasteiger partial charge in [0.15, 0.2) is 0 Å². The molecule has 0 fully saturated rings. The Morgan fingerprint density at radius 1 is 1.13 bits per heavy atom. The lowest BCUT2D eigenvalue weighted by Crippen LogP contribution is -2.25. The maximum absolute atomic E-state index is 11.7. The molecule has 0 aliphatic heterocycles. The van der Waals surface area contributed by atoms with Gasteiger partial charge in [0.1, 0.15) is 11.5 Å². The van der Waals surface area contributed by atoms with Crippen molar-refractivity contribution in [2.24, 2.45) is 5.10 Å². The van der Waals surface area contributed by atoms with Crippen LogP contribution in [0.2, 0.25) is 0 Å². The molecule has 120 valence electrons. The average Bonchev–Trinajstić information content (AvgIpc) is 2.60. The van der Waals surface area contributed by atoms with E-state index in [0.717, 1.165) is 5.69 Å². The molecule has 0 radical (unpaired) electrons. The lowest BCUT2D eigenvalue weighted by Gasteiger charge is -2.07. The molecular weight excluding hydrogens is 294 g/mol. The minimum atomic E-state index is -0.244. The van der Waals surface area contributed by atoms with Crippen LogP contribution in [0.4, 0.5) is 5.69 Å². The summed E-state index contributed by atoms with van der Waals surface area (Å²) < 4.78 is 10.4. The number of amides is 1. The van der Waals surface area contributed by atoms with Crippen LogP contribution in [0.25, 0.3) is 0 Å². The van der Waals surface area contributed by atoms with Gasteiger partial charge in [0.05, 0.1) is 27.0 Å². The van der Waals surface area contributed by atoms with Crippen molar-refractivity contribution in [3.05, 3.63) is 54.1 Å². The van der Waals surface area contributed by atoms with Gasteiger partial charge >= 0.3 is 0 Å². The van der Waals surface area contributed by atoms with Gasteiger partial charge in [-0.25, -0.2) is 5.43 Å². The Morgan fingerprint density at radius 3 is 2.61 bits per heavy atom. The number of rotatable bonds is 7. The summed E-state index contributed by atoms with van der Waals surface area (Å²) in [4.78, 5) is 11.7. The molecule has 0 saturated heterocycles. The molecule has 0 aliphatic rings. The zero-order valence-corrected chi connectivity index (χ0v) is 13.1. The number of nitrogens with zero attached hydrogens (tertiary/aromatic N) is 1. The van der Waals surface area contributed by atoms with Crippen molar-refractivity contribution in [2.45, 2.75) is 0 Å². The molecule has 2 aromatic carbocycles. The van der Waals surface area contributed by atoms with E-state index in [4.69, 9.17) is 9.47 Å². The van der Waals surface area contributed by atoms with Gasteiger partial charge in [-0.15, -0.1) is 0 Å². The summed E-state index contributed by atoms with van der Waals surface area (Å²) in [6, 6.07) is 14.8. The predicted octanol–water partition coefficient (Wildman–Crippen LogP) is 2.27. The first kappa shape index (κ1) is 16.4. The fourth-order valence-electron chi connectivity index (χ4n) is 1.89. The van der Waals surface area contributed by atoms with Crippen molar-refractivity contribution in [1.82, 2.24) is 5.43 Å². The van der Waals surface area contributed by atoms with E-state index in [1.54, 1.807) is 32.4 Å². The summed E-state index contributed by atoms with van der Waals surface area (Å²) in [6.07, 6.45) is 1.52. The van der Waals surface area contributed by atoms with Gasteiger partial charge in [-0.2, -0.15) is 5.10 Å². The van der Waals surface area contributed by atoms with Crippen LogP contribution in [-0.2, 0) is 4.79 Å². The minimum absolute atomic E-state index is 0.136. The van der Waals surface area contributed by atoms with Crippen LogP contribution in [0.3, 0.4) is 0 Å². The van der Waals surface area contributed by atoms with E-state index >= 15 is 0 Å². The fourth-order valence-corrected chi connectivity index (χ4v) is 1.89. The van der Waals surface area contributed by atoms with Crippen molar-refractivity contribution in [1.29, 1.82) is 0 Å². The van der Waals surface area contributed by atoms with E-state index in [-0.39, 0.29) is 12.5 Å². The maximum atomic E-state index is 11.7. The third kappa shape index (κ3) is 5.03. The molecule has 0 atom stereocenters. The molecule has 0 unspecified atom stereocenters. The van der Waals surface area contributed by atoms with E-state index < -0.39 is 0 Å². The van der Waals surface area contributed by atoms with Crippen molar-refractivity contribution < 1.29 is 14.3 Å². The number of hydrazone groups is 1. The predicted molar refractivity (Wildman–Crippen MR) is 90.2 cm³/mol. The molecule has 23 heavy (non-hydrogen) atoms. The Labute approximate surface area is 135 Å². The van der Waals surface area contributed by atoms with Crippen LogP contribution in [0, 0.1) is 0 Å². The molecule has 0 spiro atoms. The third-order valence-electron chi connectivity index (χ3n) is 3.06. The molecule has 0 heterocycles. The topological polar surface area (TPSA) is 72.0 Å². The molecule has 1 amide bonds. The van der Waals surface area contributed by atoms with Gasteiger partial charge in [-0.1, -0.05) is 18.2 Å². The Bertz CT molecular complexity index is 672. The first-order valence-electron chi connectivity index (χ1n) is 7.06. The van der Waals surface area contributed by atoms with Gasteiger partial charge < -0.3 is 14.8 Å². The van der Waals surface area contributed by atoms with Gasteiger partial charge in [-0.3, -0.25) is 4.79 Å². The molecule has 0 bridgehead atoms. The number of para-hydroxylation sites is 1. The highest BCUT2D eigenvalue weighted by Gasteiger charge is 2.03. The normalized spacial score (nSPS) is 10.3. The van der Waals surface area contributed by atoms with Crippen molar-refractivity contribution in [2.75, 3.05) is 26.1 Å². The van der Waals surface area contributed by atoms with Crippen LogP contribution in [-0.4, -0.2) is 32.9 Å². The Balaban J connectivity index is 1.89. The molecule has 6 heteroatoms. The van der Waals surface area contributed by atoms with Crippen molar-refractivity contribution >= 4 is 17.8 Å². The van der Waals surface area contributed by atoms with Gasteiger partial charge in [0.2, 0.25) is 0 Å². The van der Waals surface area contributed by atoms with Crippen LogP contribution in [0.15, 0.2) is 53.6 Å². The minimum Gasteiger partial charge on any atom is -0.497 e. The van der Waals surface area contributed by atoms with E-state index in [2.05, 4.69) is 15.8 Å². The quantitative estimate of drug-likeness (QED) is 0.607. The molecule has 2 aromatic rings. The number of carbonyl (C=O) groups excluding carboxylic acids is 1.